The second kappa shape index (κ2) is 7.88. The minimum Gasteiger partial charge on any atom is -0.508 e. The molecule has 2 fully saturated rings. The first-order chi connectivity index (χ1) is 15.6. The number of fused-ring (bicyclic) bond motifs is 2. The van der Waals surface area contributed by atoms with E-state index in [0.717, 1.165) is 6.07 Å². The van der Waals surface area contributed by atoms with Crippen LogP contribution in [0.15, 0.2) is 30.3 Å². The van der Waals surface area contributed by atoms with Crippen LogP contribution in [-0.2, 0) is 14.2 Å². The van der Waals surface area contributed by atoms with Gasteiger partial charge in [-0.05, 0) is 31.5 Å². The summed E-state index contributed by atoms with van der Waals surface area (Å²) in [5.74, 6) is -1.60. The van der Waals surface area contributed by atoms with Crippen molar-refractivity contribution in [3.05, 3.63) is 47.0 Å². The highest BCUT2D eigenvalue weighted by Crippen LogP contribution is 2.44. The molecule has 3 heterocycles. The van der Waals surface area contributed by atoms with Gasteiger partial charge in [-0.15, -0.1) is 0 Å². The minimum absolute atomic E-state index is 0.00907. The van der Waals surface area contributed by atoms with E-state index >= 15 is 0 Å². The Labute approximate surface area is 190 Å². The summed E-state index contributed by atoms with van der Waals surface area (Å²) in [5, 5.41) is 41.0. The molecule has 176 valence electrons. The molecule has 33 heavy (non-hydrogen) atoms. The van der Waals surface area contributed by atoms with E-state index in [1.54, 1.807) is 26.0 Å². The Morgan fingerprint density at radius 2 is 1.82 bits per heavy atom. The Morgan fingerprint density at radius 1 is 1.03 bits per heavy atom. The highest BCUT2D eigenvalue weighted by atomic mass is 16.7. The van der Waals surface area contributed by atoms with Crippen LogP contribution in [0.1, 0.15) is 60.4 Å². The molecular formula is C24H26O9. The summed E-state index contributed by atoms with van der Waals surface area (Å²) in [6.45, 7) is 3.80. The number of benzene rings is 2. The summed E-state index contributed by atoms with van der Waals surface area (Å²) in [5.41, 5.74) is 1.10. The van der Waals surface area contributed by atoms with Gasteiger partial charge in [0.1, 0.15) is 46.9 Å². The summed E-state index contributed by atoms with van der Waals surface area (Å²) in [4.78, 5) is 12.7. The maximum atomic E-state index is 12.7. The Kier molecular flexibility index (Phi) is 5.24. The average molecular weight is 458 g/mol. The fourth-order valence-corrected chi connectivity index (χ4v) is 4.72. The SMILES string of the molecule is CC1(C)OCC2OC(c3cc(C4CC(=O)c5c(O)cc(O)cc5O4)ccc3O)CC(O)C2O1. The average Bonchev–Trinajstić information content (AvgIpc) is 2.73. The van der Waals surface area contributed by atoms with Crippen molar-refractivity contribution in [2.45, 2.75) is 63.0 Å². The topological polar surface area (TPSA) is 135 Å². The van der Waals surface area contributed by atoms with E-state index in [1.807, 2.05) is 0 Å². The van der Waals surface area contributed by atoms with E-state index in [1.165, 1.54) is 12.1 Å². The van der Waals surface area contributed by atoms with E-state index in [2.05, 4.69) is 0 Å². The molecule has 0 aromatic heterocycles. The molecule has 5 rings (SSSR count). The zero-order valence-electron chi connectivity index (χ0n) is 18.2. The standard InChI is InChI=1S/C24H26O9/c1-24(2)30-10-21-23(33-24)17(29)9-19(32-21)13-5-11(3-4-14(13)26)18-8-16(28)22-15(27)6-12(25)7-20(22)31-18/h3-7,17-19,21,23,25-27,29H,8-10H2,1-2H3. The van der Waals surface area contributed by atoms with Gasteiger partial charge in [-0.3, -0.25) is 4.79 Å². The molecule has 3 aliphatic rings. The molecule has 5 atom stereocenters. The van der Waals surface area contributed by atoms with Crippen LogP contribution in [0.5, 0.6) is 23.0 Å². The second-order valence-electron chi connectivity index (χ2n) is 9.15. The number of hydrogen-bond acceptors (Lipinski definition) is 9. The fraction of sp³-hybridized carbons (Fsp3) is 0.458. The number of ether oxygens (including phenoxy) is 4. The van der Waals surface area contributed by atoms with Crippen LogP contribution in [-0.4, -0.2) is 56.9 Å². The van der Waals surface area contributed by atoms with Gasteiger partial charge in [0.2, 0.25) is 0 Å². The number of carbonyl (C=O) groups excluding carboxylic acids is 1. The van der Waals surface area contributed by atoms with Crippen molar-refractivity contribution in [1.82, 2.24) is 0 Å². The maximum absolute atomic E-state index is 12.7. The van der Waals surface area contributed by atoms with Gasteiger partial charge in [-0.1, -0.05) is 6.07 Å². The zero-order chi connectivity index (χ0) is 23.5. The van der Waals surface area contributed by atoms with Crippen LogP contribution >= 0.6 is 0 Å². The van der Waals surface area contributed by atoms with Crippen molar-refractivity contribution >= 4 is 5.78 Å². The van der Waals surface area contributed by atoms with E-state index in [-0.39, 0.29) is 53.8 Å². The zero-order valence-corrected chi connectivity index (χ0v) is 18.2. The molecule has 3 aliphatic heterocycles. The van der Waals surface area contributed by atoms with Crippen molar-refractivity contribution in [1.29, 1.82) is 0 Å². The number of aliphatic hydroxyl groups excluding tert-OH is 1. The summed E-state index contributed by atoms with van der Waals surface area (Å²) in [6.07, 6.45) is -2.96. The minimum atomic E-state index is -0.815. The summed E-state index contributed by atoms with van der Waals surface area (Å²) in [6, 6.07) is 7.20. The molecule has 5 unspecified atom stereocenters. The lowest BCUT2D eigenvalue weighted by Gasteiger charge is -2.47. The van der Waals surface area contributed by atoms with Crippen LogP contribution in [0.3, 0.4) is 0 Å². The first-order valence-corrected chi connectivity index (χ1v) is 10.9. The third-order valence-corrected chi connectivity index (χ3v) is 6.31. The normalized spacial score (nSPS) is 30.8. The number of aliphatic hydroxyl groups is 1. The highest BCUT2D eigenvalue weighted by molar-refractivity contribution is 6.02. The van der Waals surface area contributed by atoms with Crippen molar-refractivity contribution in [3.8, 4) is 23.0 Å². The van der Waals surface area contributed by atoms with E-state index in [4.69, 9.17) is 18.9 Å². The summed E-state index contributed by atoms with van der Waals surface area (Å²) in [7, 11) is 0. The Hall–Kier alpha value is -2.85. The number of phenols is 3. The van der Waals surface area contributed by atoms with E-state index in [9.17, 15) is 25.2 Å². The third kappa shape index (κ3) is 4.02. The maximum Gasteiger partial charge on any atom is 0.174 e. The van der Waals surface area contributed by atoms with Gasteiger partial charge in [0.15, 0.2) is 11.6 Å². The molecule has 2 aromatic carbocycles. The summed E-state index contributed by atoms with van der Waals surface area (Å²) < 4.78 is 23.5. The van der Waals surface area contributed by atoms with Crippen LogP contribution < -0.4 is 4.74 Å². The Morgan fingerprint density at radius 3 is 2.61 bits per heavy atom. The van der Waals surface area contributed by atoms with E-state index in [0.29, 0.717) is 11.1 Å². The van der Waals surface area contributed by atoms with Gasteiger partial charge in [0.25, 0.3) is 0 Å². The predicted molar refractivity (Wildman–Crippen MR) is 113 cm³/mol. The number of aromatic hydroxyl groups is 3. The second-order valence-corrected chi connectivity index (χ2v) is 9.15. The predicted octanol–water partition coefficient (Wildman–Crippen LogP) is 2.85. The Balaban J connectivity index is 1.41. The third-order valence-electron chi connectivity index (χ3n) is 6.31. The molecule has 0 radical (unpaired) electrons. The van der Waals surface area contributed by atoms with Crippen LogP contribution in [0.4, 0.5) is 0 Å². The molecule has 9 heteroatoms. The monoisotopic (exact) mass is 458 g/mol. The van der Waals surface area contributed by atoms with Gasteiger partial charge in [0, 0.05) is 24.1 Å². The molecule has 9 nitrogen and oxygen atoms in total. The molecule has 4 N–H and O–H groups in total. The van der Waals surface area contributed by atoms with E-state index < -0.39 is 36.3 Å². The molecule has 0 aliphatic carbocycles. The lowest BCUT2D eigenvalue weighted by atomic mass is 9.90. The molecule has 0 spiro atoms. The number of hydrogen-bond donors (Lipinski definition) is 4. The number of ketones is 1. The van der Waals surface area contributed by atoms with Crippen LogP contribution in [0.25, 0.3) is 0 Å². The molecule has 0 amide bonds. The van der Waals surface area contributed by atoms with Gasteiger partial charge >= 0.3 is 0 Å². The first kappa shape index (κ1) is 22.0. The molecule has 2 saturated heterocycles. The molecule has 2 aromatic rings. The lowest BCUT2D eigenvalue weighted by Crippen LogP contribution is -2.57. The largest absolute Gasteiger partial charge is 0.508 e. The van der Waals surface area contributed by atoms with Crippen molar-refractivity contribution < 1.29 is 44.2 Å². The highest BCUT2D eigenvalue weighted by Gasteiger charge is 2.46. The van der Waals surface area contributed by atoms with Gasteiger partial charge < -0.3 is 39.4 Å². The van der Waals surface area contributed by atoms with Gasteiger partial charge in [0.05, 0.1) is 25.2 Å². The van der Waals surface area contributed by atoms with Crippen LogP contribution in [0.2, 0.25) is 0 Å². The van der Waals surface area contributed by atoms with Crippen molar-refractivity contribution in [2.75, 3.05) is 6.61 Å². The summed E-state index contributed by atoms with van der Waals surface area (Å²) >= 11 is 0. The van der Waals surface area contributed by atoms with Crippen LogP contribution in [0, 0.1) is 0 Å². The lowest BCUT2D eigenvalue weighted by molar-refractivity contribution is -0.345. The number of phenolic OH excluding ortho intramolecular Hbond substituents is 3. The van der Waals surface area contributed by atoms with Gasteiger partial charge in [-0.2, -0.15) is 0 Å². The van der Waals surface area contributed by atoms with Crippen molar-refractivity contribution in [3.63, 3.8) is 0 Å². The molecule has 0 saturated carbocycles. The van der Waals surface area contributed by atoms with Crippen molar-refractivity contribution in [2.24, 2.45) is 0 Å². The Bertz CT molecular complexity index is 1100. The quantitative estimate of drug-likeness (QED) is 0.536. The first-order valence-electron chi connectivity index (χ1n) is 10.9. The smallest absolute Gasteiger partial charge is 0.174 e. The number of carbonyl (C=O) groups is 1. The molecular weight excluding hydrogens is 432 g/mol. The van der Waals surface area contributed by atoms with Gasteiger partial charge in [-0.25, -0.2) is 0 Å². The molecule has 0 bridgehead atoms. The fourth-order valence-electron chi connectivity index (χ4n) is 4.72. The number of Topliss-reactive ketones (excluding diaryl/α,β-unsaturated/α-hetero) is 1. The number of rotatable bonds is 2.